The molecule has 1 aliphatic heterocycles. The minimum Gasteiger partial charge on any atom is -0.471 e. The molecule has 5 heteroatoms. The van der Waals surface area contributed by atoms with E-state index in [0.717, 1.165) is 5.57 Å². The molecule has 2 aliphatic rings. The summed E-state index contributed by atoms with van der Waals surface area (Å²) in [5.74, 6) is -0.130. The third-order valence-corrected chi connectivity index (χ3v) is 3.71. The van der Waals surface area contributed by atoms with Gasteiger partial charge in [0.05, 0.1) is 38.1 Å². The molecule has 1 aliphatic carbocycles. The Labute approximate surface area is 119 Å². The van der Waals surface area contributed by atoms with E-state index in [1.165, 1.54) is 13.4 Å². The summed E-state index contributed by atoms with van der Waals surface area (Å²) in [5, 5.41) is 9.47. The molecule has 0 aromatic heterocycles. The van der Waals surface area contributed by atoms with Gasteiger partial charge >= 0.3 is 5.97 Å². The first-order valence-electron chi connectivity index (χ1n) is 6.93. The highest BCUT2D eigenvalue weighted by atomic mass is 16.7. The molecule has 0 aromatic rings. The van der Waals surface area contributed by atoms with E-state index in [1.54, 1.807) is 0 Å². The SMILES string of the molecule is COC(=O)C1=COC(OCC(C)C)[C@@H]2C(CO)=CC[C@H]12. The predicted octanol–water partition coefficient (Wildman–Crippen LogP) is 1.63. The zero-order valence-electron chi connectivity index (χ0n) is 12.2. The molecule has 3 atom stereocenters. The van der Waals surface area contributed by atoms with Crippen molar-refractivity contribution in [3.05, 3.63) is 23.5 Å². The van der Waals surface area contributed by atoms with Crippen molar-refractivity contribution >= 4 is 5.97 Å². The van der Waals surface area contributed by atoms with Crippen LogP contribution >= 0.6 is 0 Å². The normalized spacial score (nSPS) is 28.6. The van der Waals surface area contributed by atoms with Crippen LogP contribution in [0.4, 0.5) is 0 Å². The molecule has 0 aromatic carbocycles. The number of esters is 1. The summed E-state index contributed by atoms with van der Waals surface area (Å²) in [4.78, 5) is 11.8. The van der Waals surface area contributed by atoms with E-state index < -0.39 is 6.29 Å². The second kappa shape index (κ2) is 6.41. The van der Waals surface area contributed by atoms with Crippen LogP contribution in [0.2, 0.25) is 0 Å². The van der Waals surface area contributed by atoms with Crippen LogP contribution in [-0.2, 0) is 19.0 Å². The number of aliphatic hydroxyl groups is 1. The molecule has 5 nitrogen and oxygen atoms in total. The third-order valence-electron chi connectivity index (χ3n) is 3.71. The molecule has 0 fully saturated rings. The van der Waals surface area contributed by atoms with Crippen LogP contribution in [0.25, 0.3) is 0 Å². The van der Waals surface area contributed by atoms with Gasteiger partial charge in [-0.15, -0.1) is 0 Å². The summed E-state index contributed by atoms with van der Waals surface area (Å²) in [5.41, 5.74) is 1.39. The first kappa shape index (κ1) is 15.1. The zero-order valence-corrected chi connectivity index (χ0v) is 12.2. The van der Waals surface area contributed by atoms with E-state index >= 15 is 0 Å². The number of carbonyl (C=O) groups is 1. The van der Waals surface area contributed by atoms with Gasteiger partial charge in [-0.05, 0) is 17.9 Å². The van der Waals surface area contributed by atoms with Gasteiger partial charge in [0.15, 0.2) is 0 Å². The summed E-state index contributed by atoms with van der Waals surface area (Å²) in [6.45, 7) is 4.66. The summed E-state index contributed by atoms with van der Waals surface area (Å²) in [7, 11) is 1.36. The molecule has 20 heavy (non-hydrogen) atoms. The van der Waals surface area contributed by atoms with Gasteiger partial charge < -0.3 is 19.3 Å². The Bertz CT molecular complexity index is 424. The van der Waals surface area contributed by atoms with Crippen molar-refractivity contribution in [2.75, 3.05) is 20.3 Å². The Morgan fingerprint density at radius 3 is 2.90 bits per heavy atom. The van der Waals surface area contributed by atoms with Crippen LogP contribution in [0.15, 0.2) is 23.5 Å². The lowest BCUT2D eigenvalue weighted by Gasteiger charge is -2.34. The fourth-order valence-corrected chi connectivity index (χ4v) is 2.73. The van der Waals surface area contributed by atoms with E-state index in [-0.39, 0.29) is 24.4 Å². The Morgan fingerprint density at radius 2 is 2.30 bits per heavy atom. The van der Waals surface area contributed by atoms with Gasteiger partial charge in [-0.1, -0.05) is 19.9 Å². The molecular formula is C15H22O5. The van der Waals surface area contributed by atoms with Gasteiger partial charge in [-0.3, -0.25) is 0 Å². The van der Waals surface area contributed by atoms with Gasteiger partial charge in [-0.25, -0.2) is 4.79 Å². The first-order valence-corrected chi connectivity index (χ1v) is 6.93. The second-order valence-electron chi connectivity index (χ2n) is 5.60. The molecule has 0 radical (unpaired) electrons. The van der Waals surface area contributed by atoms with E-state index in [0.29, 0.717) is 24.5 Å². The number of aliphatic hydroxyl groups excluding tert-OH is 1. The van der Waals surface area contributed by atoms with Gasteiger partial charge in [0.1, 0.15) is 0 Å². The zero-order chi connectivity index (χ0) is 14.7. The molecule has 2 rings (SSSR count). The molecule has 0 amide bonds. The first-order chi connectivity index (χ1) is 9.58. The topological polar surface area (TPSA) is 65.0 Å². The molecule has 112 valence electrons. The van der Waals surface area contributed by atoms with Crippen LogP contribution < -0.4 is 0 Å². The van der Waals surface area contributed by atoms with Crippen molar-refractivity contribution in [2.45, 2.75) is 26.6 Å². The average molecular weight is 282 g/mol. The van der Waals surface area contributed by atoms with Crippen LogP contribution in [0.1, 0.15) is 20.3 Å². The summed E-state index contributed by atoms with van der Waals surface area (Å²) in [6, 6.07) is 0. The molecule has 1 unspecified atom stereocenters. The predicted molar refractivity (Wildman–Crippen MR) is 72.5 cm³/mol. The van der Waals surface area contributed by atoms with E-state index in [4.69, 9.17) is 14.2 Å². The van der Waals surface area contributed by atoms with Crippen molar-refractivity contribution in [2.24, 2.45) is 17.8 Å². The number of methoxy groups -OCH3 is 1. The van der Waals surface area contributed by atoms with Crippen LogP contribution in [-0.4, -0.2) is 37.7 Å². The van der Waals surface area contributed by atoms with Crippen molar-refractivity contribution in [1.29, 1.82) is 0 Å². The Balaban J connectivity index is 2.18. The van der Waals surface area contributed by atoms with E-state index in [9.17, 15) is 9.90 Å². The van der Waals surface area contributed by atoms with Gasteiger partial charge in [0.25, 0.3) is 0 Å². The van der Waals surface area contributed by atoms with Crippen LogP contribution in [0.5, 0.6) is 0 Å². The average Bonchev–Trinajstić information content (AvgIpc) is 2.88. The minimum atomic E-state index is -0.447. The monoisotopic (exact) mass is 282 g/mol. The lowest BCUT2D eigenvalue weighted by molar-refractivity contribution is -0.160. The standard InChI is InChI=1S/C15H22O5/c1-9(2)7-19-15-13-10(6-16)4-5-11(13)12(8-20-15)14(17)18-3/h4,8-9,11,13,15-16H,5-7H2,1-3H3/t11-,13-,15?/m1/s1. The molecule has 0 spiro atoms. The molecule has 1 heterocycles. The van der Waals surface area contributed by atoms with Crippen molar-refractivity contribution in [3.8, 4) is 0 Å². The van der Waals surface area contributed by atoms with Crippen LogP contribution in [0.3, 0.4) is 0 Å². The maximum absolute atomic E-state index is 11.8. The minimum absolute atomic E-state index is 0.0319. The number of hydrogen-bond acceptors (Lipinski definition) is 5. The smallest absolute Gasteiger partial charge is 0.337 e. The molecular weight excluding hydrogens is 260 g/mol. The number of rotatable bonds is 5. The Kier molecular flexibility index (Phi) is 4.83. The fourth-order valence-electron chi connectivity index (χ4n) is 2.73. The fraction of sp³-hybridized carbons (Fsp3) is 0.667. The second-order valence-corrected chi connectivity index (χ2v) is 5.60. The molecule has 0 saturated heterocycles. The summed E-state index contributed by atoms with van der Waals surface area (Å²) >= 11 is 0. The summed E-state index contributed by atoms with van der Waals surface area (Å²) < 4.78 is 16.1. The highest BCUT2D eigenvalue weighted by molar-refractivity contribution is 5.89. The van der Waals surface area contributed by atoms with Gasteiger partial charge in [0.2, 0.25) is 6.29 Å². The Hall–Kier alpha value is -1.33. The Morgan fingerprint density at radius 1 is 1.55 bits per heavy atom. The lowest BCUT2D eigenvalue weighted by atomic mass is 9.83. The number of hydrogen-bond donors (Lipinski definition) is 1. The highest BCUT2D eigenvalue weighted by Crippen LogP contribution is 2.43. The quantitative estimate of drug-likeness (QED) is 0.613. The molecule has 1 N–H and O–H groups in total. The van der Waals surface area contributed by atoms with Gasteiger partial charge in [-0.2, -0.15) is 0 Å². The number of fused-ring (bicyclic) bond motifs is 1. The number of allylic oxidation sites excluding steroid dienone is 1. The molecule has 0 bridgehead atoms. The van der Waals surface area contributed by atoms with Crippen molar-refractivity contribution in [3.63, 3.8) is 0 Å². The third kappa shape index (κ3) is 2.88. The van der Waals surface area contributed by atoms with Crippen molar-refractivity contribution < 1.29 is 24.1 Å². The van der Waals surface area contributed by atoms with Crippen LogP contribution in [0, 0.1) is 17.8 Å². The maximum atomic E-state index is 11.8. The van der Waals surface area contributed by atoms with E-state index in [2.05, 4.69) is 13.8 Å². The molecule has 0 saturated carbocycles. The summed E-state index contributed by atoms with van der Waals surface area (Å²) in [6.07, 6.45) is 3.67. The number of carbonyl (C=O) groups excluding carboxylic acids is 1. The maximum Gasteiger partial charge on any atom is 0.337 e. The highest BCUT2D eigenvalue weighted by Gasteiger charge is 2.44. The number of ether oxygens (including phenoxy) is 3. The van der Waals surface area contributed by atoms with Gasteiger partial charge in [0, 0.05) is 5.92 Å². The van der Waals surface area contributed by atoms with E-state index in [1.807, 2.05) is 6.08 Å². The lowest BCUT2D eigenvalue weighted by Crippen LogP contribution is -2.38. The largest absolute Gasteiger partial charge is 0.471 e. The van der Waals surface area contributed by atoms with Crippen molar-refractivity contribution in [1.82, 2.24) is 0 Å².